The Balaban J connectivity index is 1.69. The minimum absolute atomic E-state index is 0.240. The highest BCUT2D eigenvalue weighted by Crippen LogP contribution is 2.35. The standard InChI is InChI=1S/C19H21F3N4/c20-13-7-12-10-25(15-3-1-14(23)2-4-15)11-26(19(12)24-9-13)16-5-6-17(21)18(22)8-16/h5-9,14-15H,1-4,10-11,23H2. The van der Waals surface area contributed by atoms with Gasteiger partial charge in [0.05, 0.1) is 12.9 Å². The van der Waals surface area contributed by atoms with E-state index in [0.29, 0.717) is 30.8 Å². The van der Waals surface area contributed by atoms with Crippen LogP contribution in [0, 0.1) is 17.5 Å². The summed E-state index contributed by atoms with van der Waals surface area (Å²) in [5, 5.41) is 0. The van der Waals surface area contributed by atoms with Crippen LogP contribution in [0.3, 0.4) is 0 Å². The van der Waals surface area contributed by atoms with Crippen molar-refractivity contribution in [1.82, 2.24) is 9.88 Å². The zero-order valence-electron chi connectivity index (χ0n) is 14.3. The summed E-state index contributed by atoms with van der Waals surface area (Å²) in [5.41, 5.74) is 7.25. The van der Waals surface area contributed by atoms with Gasteiger partial charge in [0.25, 0.3) is 0 Å². The van der Waals surface area contributed by atoms with Gasteiger partial charge in [-0.2, -0.15) is 0 Å². The first-order chi connectivity index (χ1) is 12.5. The van der Waals surface area contributed by atoms with Crippen molar-refractivity contribution in [2.24, 2.45) is 5.73 Å². The number of hydrogen-bond acceptors (Lipinski definition) is 4. The van der Waals surface area contributed by atoms with E-state index in [9.17, 15) is 13.2 Å². The fourth-order valence-electron chi connectivity index (χ4n) is 3.92. The molecule has 138 valence electrons. The summed E-state index contributed by atoms with van der Waals surface area (Å²) in [6.07, 6.45) is 5.03. The van der Waals surface area contributed by atoms with Crippen LogP contribution in [0.5, 0.6) is 0 Å². The van der Waals surface area contributed by atoms with Gasteiger partial charge in [0.2, 0.25) is 0 Å². The van der Waals surface area contributed by atoms with E-state index < -0.39 is 17.5 Å². The van der Waals surface area contributed by atoms with Crippen LogP contribution >= 0.6 is 0 Å². The van der Waals surface area contributed by atoms with Crippen LogP contribution in [0.25, 0.3) is 0 Å². The van der Waals surface area contributed by atoms with Gasteiger partial charge in [-0.1, -0.05) is 0 Å². The van der Waals surface area contributed by atoms with Crippen molar-refractivity contribution in [3.8, 4) is 0 Å². The molecule has 4 nitrogen and oxygen atoms in total. The lowest BCUT2D eigenvalue weighted by atomic mass is 9.90. The molecule has 0 amide bonds. The highest BCUT2D eigenvalue weighted by Gasteiger charge is 2.32. The molecular weight excluding hydrogens is 341 g/mol. The normalized spacial score (nSPS) is 23.8. The maximum atomic E-state index is 13.8. The summed E-state index contributed by atoms with van der Waals surface area (Å²) in [6.45, 7) is 1.08. The Morgan fingerprint density at radius 3 is 2.50 bits per heavy atom. The zero-order chi connectivity index (χ0) is 18.3. The molecule has 1 aromatic carbocycles. The molecule has 0 radical (unpaired) electrons. The molecule has 2 heterocycles. The van der Waals surface area contributed by atoms with E-state index in [1.165, 1.54) is 12.1 Å². The van der Waals surface area contributed by atoms with Crippen LogP contribution in [0.15, 0.2) is 30.5 Å². The Bertz CT molecular complexity index is 805. The number of rotatable bonds is 2. The summed E-state index contributed by atoms with van der Waals surface area (Å²) >= 11 is 0. The van der Waals surface area contributed by atoms with Crippen molar-refractivity contribution in [3.05, 3.63) is 53.5 Å². The van der Waals surface area contributed by atoms with E-state index in [2.05, 4.69) is 9.88 Å². The molecule has 1 saturated carbocycles. The predicted octanol–water partition coefficient (Wildman–Crippen LogP) is 3.68. The topological polar surface area (TPSA) is 45.4 Å². The second-order valence-electron chi connectivity index (χ2n) is 7.12. The lowest BCUT2D eigenvalue weighted by molar-refractivity contribution is 0.138. The highest BCUT2D eigenvalue weighted by atomic mass is 19.2. The third kappa shape index (κ3) is 3.29. The second-order valence-corrected chi connectivity index (χ2v) is 7.12. The number of halogens is 3. The van der Waals surface area contributed by atoms with E-state index in [4.69, 9.17) is 5.73 Å². The molecule has 1 aromatic heterocycles. The average molecular weight is 362 g/mol. The van der Waals surface area contributed by atoms with Gasteiger partial charge in [-0.25, -0.2) is 18.2 Å². The number of pyridine rings is 1. The SMILES string of the molecule is NC1CCC(N2Cc3cc(F)cnc3N(c3ccc(F)c(F)c3)C2)CC1. The molecular formula is C19H21F3N4. The molecule has 0 atom stereocenters. The Labute approximate surface area is 150 Å². The van der Waals surface area contributed by atoms with Crippen LogP contribution < -0.4 is 10.6 Å². The van der Waals surface area contributed by atoms with E-state index in [-0.39, 0.29) is 6.04 Å². The molecule has 1 aliphatic heterocycles. The summed E-state index contributed by atoms with van der Waals surface area (Å²) in [7, 11) is 0. The van der Waals surface area contributed by atoms with E-state index in [1.807, 2.05) is 4.90 Å². The van der Waals surface area contributed by atoms with E-state index in [0.717, 1.165) is 49.6 Å². The van der Waals surface area contributed by atoms with Gasteiger partial charge >= 0.3 is 0 Å². The summed E-state index contributed by atoms with van der Waals surface area (Å²) in [4.78, 5) is 8.27. The summed E-state index contributed by atoms with van der Waals surface area (Å²) in [5.74, 6) is -1.62. The van der Waals surface area contributed by atoms with Crippen LogP contribution in [-0.2, 0) is 6.54 Å². The summed E-state index contributed by atoms with van der Waals surface area (Å²) < 4.78 is 40.8. The number of aromatic nitrogens is 1. The van der Waals surface area contributed by atoms with Crippen molar-refractivity contribution >= 4 is 11.5 Å². The van der Waals surface area contributed by atoms with Crippen molar-refractivity contribution in [2.75, 3.05) is 11.6 Å². The first-order valence-corrected chi connectivity index (χ1v) is 8.88. The summed E-state index contributed by atoms with van der Waals surface area (Å²) in [6, 6.07) is 5.82. The minimum Gasteiger partial charge on any atom is -0.328 e. The quantitative estimate of drug-likeness (QED) is 0.885. The number of fused-ring (bicyclic) bond motifs is 1. The third-order valence-corrected chi connectivity index (χ3v) is 5.33. The lowest BCUT2D eigenvalue weighted by Gasteiger charge is -2.43. The molecule has 1 aliphatic carbocycles. The molecule has 0 bridgehead atoms. The van der Waals surface area contributed by atoms with Crippen molar-refractivity contribution in [1.29, 1.82) is 0 Å². The average Bonchev–Trinajstić information content (AvgIpc) is 2.63. The molecule has 7 heteroatoms. The third-order valence-electron chi connectivity index (χ3n) is 5.33. The fraction of sp³-hybridized carbons (Fsp3) is 0.421. The van der Waals surface area contributed by atoms with E-state index in [1.54, 1.807) is 0 Å². The van der Waals surface area contributed by atoms with Crippen LogP contribution in [0.2, 0.25) is 0 Å². The Morgan fingerprint density at radius 1 is 1.00 bits per heavy atom. The van der Waals surface area contributed by atoms with Crippen molar-refractivity contribution < 1.29 is 13.2 Å². The second kappa shape index (κ2) is 6.89. The van der Waals surface area contributed by atoms with Gasteiger partial charge in [0, 0.05) is 35.9 Å². The Hall–Kier alpha value is -2.12. The van der Waals surface area contributed by atoms with Crippen LogP contribution in [0.1, 0.15) is 31.2 Å². The monoisotopic (exact) mass is 362 g/mol. The number of anilines is 2. The molecule has 2 aromatic rings. The van der Waals surface area contributed by atoms with Gasteiger partial charge in [-0.15, -0.1) is 0 Å². The maximum Gasteiger partial charge on any atom is 0.160 e. The minimum atomic E-state index is -0.910. The number of benzene rings is 1. The van der Waals surface area contributed by atoms with Gasteiger partial charge in [-0.3, -0.25) is 4.90 Å². The first-order valence-electron chi connectivity index (χ1n) is 8.88. The van der Waals surface area contributed by atoms with E-state index >= 15 is 0 Å². The number of nitrogens with zero attached hydrogens (tertiary/aromatic N) is 3. The molecule has 0 saturated heterocycles. The van der Waals surface area contributed by atoms with Gasteiger partial charge < -0.3 is 10.6 Å². The zero-order valence-corrected chi connectivity index (χ0v) is 14.3. The molecule has 1 fully saturated rings. The number of nitrogens with two attached hydrogens (primary N) is 1. The molecule has 0 unspecified atom stereocenters. The largest absolute Gasteiger partial charge is 0.328 e. The Morgan fingerprint density at radius 2 is 1.77 bits per heavy atom. The van der Waals surface area contributed by atoms with Gasteiger partial charge in [0.15, 0.2) is 11.6 Å². The lowest BCUT2D eigenvalue weighted by Crippen LogP contribution is -2.48. The van der Waals surface area contributed by atoms with Crippen molar-refractivity contribution in [3.63, 3.8) is 0 Å². The highest BCUT2D eigenvalue weighted by molar-refractivity contribution is 5.64. The molecule has 2 N–H and O–H groups in total. The molecule has 2 aliphatic rings. The first kappa shape index (κ1) is 17.3. The molecule has 0 spiro atoms. The van der Waals surface area contributed by atoms with Gasteiger partial charge in [0.1, 0.15) is 11.6 Å². The van der Waals surface area contributed by atoms with Crippen LogP contribution in [-0.4, -0.2) is 28.6 Å². The fourth-order valence-corrected chi connectivity index (χ4v) is 3.92. The predicted molar refractivity (Wildman–Crippen MR) is 93.3 cm³/mol. The van der Waals surface area contributed by atoms with Gasteiger partial charge in [-0.05, 0) is 43.9 Å². The van der Waals surface area contributed by atoms with Crippen LogP contribution in [0.4, 0.5) is 24.7 Å². The Kier molecular flexibility index (Phi) is 4.58. The van der Waals surface area contributed by atoms with Crippen molar-refractivity contribution in [2.45, 2.75) is 44.3 Å². The molecule has 26 heavy (non-hydrogen) atoms. The maximum absolute atomic E-state index is 13.8. The number of hydrogen-bond donors (Lipinski definition) is 1. The smallest absolute Gasteiger partial charge is 0.160 e. The molecule has 4 rings (SSSR count).